The zero-order valence-corrected chi connectivity index (χ0v) is 19.8. The zero-order chi connectivity index (χ0) is 22.6. The van der Waals surface area contributed by atoms with Gasteiger partial charge in [-0.1, -0.05) is 12.5 Å². The summed E-state index contributed by atoms with van der Waals surface area (Å²) in [6.45, 7) is 5.94. The summed E-state index contributed by atoms with van der Waals surface area (Å²) in [5.74, 6) is 0.967. The second-order valence-electron chi connectivity index (χ2n) is 11.6. The molecule has 5 aliphatic rings. The van der Waals surface area contributed by atoms with Crippen LogP contribution in [0.1, 0.15) is 62.5 Å². The van der Waals surface area contributed by atoms with Crippen LogP contribution in [0.3, 0.4) is 0 Å². The lowest BCUT2D eigenvalue weighted by Gasteiger charge is -2.59. The second-order valence-corrected chi connectivity index (χ2v) is 11.6. The van der Waals surface area contributed by atoms with Crippen LogP contribution >= 0.6 is 0 Å². The number of benzene rings is 1. The minimum absolute atomic E-state index is 0.0649. The molecule has 180 valence electrons. The number of piperidine rings is 2. The van der Waals surface area contributed by atoms with Gasteiger partial charge in [0, 0.05) is 37.0 Å². The molecule has 33 heavy (non-hydrogen) atoms. The minimum atomic E-state index is -0.907. The maximum absolute atomic E-state index is 13.3. The van der Waals surface area contributed by atoms with E-state index in [0.29, 0.717) is 19.4 Å². The minimum Gasteiger partial charge on any atom is -0.508 e. The molecule has 6 rings (SSSR count). The molecule has 2 heterocycles. The van der Waals surface area contributed by atoms with Crippen LogP contribution in [0.4, 0.5) is 0 Å². The maximum atomic E-state index is 13.3. The predicted octanol–water partition coefficient (Wildman–Crippen LogP) is 2.41. The molecule has 1 amide bonds. The fraction of sp³-hybridized carbons (Fsp3) is 0.741. The van der Waals surface area contributed by atoms with Crippen molar-refractivity contribution in [3.05, 3.63) is 29.3 Å². The van der Waals surface area contributed by atoms with Gasteiger partial charge in [-0.15, -0.1) is 0 Å². The smallest absolute Gasteiger partial charge is 0.223 e. The summed E-state index contributed by atoms with van der Waals surface area (Å²) >= 11 is 0. The number of phenols is 1. The predicted molar refractivity (Wildman–Crippen MR) is 127 cm³/mol. The van der Waals surface area contributed by atoms with Crippen molar-refractivity contribution in [3.8, 4) is 5.75 Å². The van der Waals surface area contributed by atoms with E-state index in [1.54, 1.807) is 6.07 Å². The number of fused-ring (bicyclic) bond motifs is 1. The molecule has 0 aromatic heterocycles. The van der Waals surface area contributed by atoms with Crippen molar-refractivity contribution in [3.63, 3.8) is 0 Å². The van der Waals surface area contributed by atoms with E-state index in [2.05, 4.69) is 15.1 Å². The number of nitrogens with one attached hydrogen (secondary N) is 1. The third-order valence-electron chi connectivity index (χ3n) is 9.56. The third kappa shape index (κ3) is 3.69. The van der Waals surface area contributed by atoms with Gasteiger partial charge in [-0.05, 0) is 100 Å². The highest BCUT2D eigenvalue weighted by atomic mass is 16.3. The van der Waals surface area contributed by atoms with E-state index in [-0.39, 0.29) is 23.6 Å². The second kappa shape index (κ2) is 8.24. The first kappa shape index (κ1) is 21.9. The van der Waals surface area contributed by atoms with Crippen molar-refractivity contribution in [2.45, 2.75) is 74.8 Å². The molecule has 4 atom stereocenters. The molecular weight excluding hydrogens is 414 g/mol. The Morgan fingerprint density at radius 2 is 1.94 bits per heavy atom. The quantitative estimate of drug-likeness (QED) is 0.617. The molecule has 2 saturated heterocycles. The zero-order valence-electron chi connectivity index (χ0n) is 19.8. The molecular formula is C27H39N3O3. The number of rotatable bonds is 6. The molecule has 6 nitrogen and oxygen atoms in total. The van der Waals surface area contributed by atoms with Gasteiger partial charge in [0.25, 0.3) is 0 Å². The first-order chi connectivity index (χ1) is 16.0. The average molecular weight is 454 g/mol. The van der Waals surface area contributed by atoms with Crippen LogP contribution in [0.25, 0.3) is 0 Å². The molecule has 4 fully saturated rings. The van der Waals surface area contributed by atoms with E-state index >= 15 is 0 Å². The normalized spacial score (nSPS) is 36.3. The van der Waals surface area contributed by atoms with Crippen molar-refractivity contribution in [1.29, 1.82) is 0 Å². The van der Waals surface area contributed by atoms with Crippen molar-refractivity contribution >= 4 is 5.91 Å². The van der Waals surface area contributed by atoms with Gasteiger partial charge in [0.1, 0.15) is 5.75 Å². The van der Waals surface area contributed by atoms with Crippen LogP contribution in [-0.4, -0.2) is 76.8 Å². The van der Waals surface area contributed by atoms with Gasteiger partial charge in [0.15, 0.2) is 0 Å². The summed E-state index contributed by atoms with van der Waals surface area (Å²) in [6, 6.07) is 5.77. The molecule has 1 aromatic rings. The Balaban J connectivity index is 1.23. The van der Waals surface area contributed by atoms with E-state index in [1.807, 2.05) is 12.1 Å². The van der Waals surface area contributed by atoms with E-state index in [4.69, 9.17) is 0 Å². The standard InChI is InChI=1S/C27H39N3O3/c31-22-7-6-20-14-24-27(33)17-21(25(32)28-9-13-29-10-2-1-3-11-29)16-26(27,23(20)15-22)8-12-30(24)18-19-4-5-19/h6-7,15,19,21,24,31,33H,1-5,8-14,16-18H2,(H,28,32)/t21-,24+,26+,27+/m0/s1. The van der Waals surface area contributed by atoms with Crippen LogP contribution in [-0.2, 0) is 16.6 Å². The largest absolute Gasteiger partial charge is 0.508 e. The van der Waals surface area contributed by atoms with Gasteiger partial charge < -0.3 is 20.4 Å². The lowest BCUT2D eigenvalue weighted by molar-refractivity contribution is -0.134. The van der Waals surface area contributed by atoms with Crippen molar-refractivity contribution in [2.75, 3.05) is 39.3 Å². The highest BCUT2D eigenvalue weighted by Crippen LogP contribution is 2.62. The molecule has 2 saturated carbocycles. The number of aromatic hydroxyl groups is 1. The molecule has 2 aliphatic heterocycles. The highest BCUT2D eigenvalue weighted by molar-refractivity contribution is 5.80. The fourth-order valence-corrected chi connectivity index (χ4v) is 7.68. The van der Waals surface area contributed by atoms with E-state index < -0.39 is 11.0 Å². The summed E-state index contributed by atoms with van der Waals surface area (Å²) < 4.78 is 0. The molecule has 6 heteroatoms. The molecule has 1 aromatic carbocycles. The number of aliphatic hydroxyl groups is 1. The molecule has 3 aliphatic carbocycles. The Labute approximate surface area is 197 Å². The Morgan fingerprint density at radius 3 is 2.73 bits per heavy atom. The van der Waals surface area contributed by atoms with Crippen LogP contribution in [0.2, 0.25) is 0 Å². The Hall–Kier alpha value is -1.63. The van der Waals surface area contributed by atoms with Gasteiger partial charge in [-0.25, -0.2) is 0 Å². The Kier molecular flexibility index (Phi) is 5.46. The summed E-state index contributed by atoms with van der Waals surface area (Å²) in [5, 5.41) is 25.9. The van der Waals surface area contributed by atoms with Crippen LogP contribution in [0.5, 0.6) is 5.75 Å². The molecule has 0 spiro atoms. The van der Waals surface area contributed by atoms with Gasteiger partial charge in [0.05, 0.1) is 5.60 Å². The SMILES string of the molecule is O=C(NCCN1CCCCC1)[C@H]1C[C@]23CCN(CC4CC4)[C@H](Cc4ccc(O)cc42)[C@]3(O)C1. The first-order valence-corrected chi connectivity index (χ1v) is 13.3. The maximum Gasteiger partial charge on any atom is 0.223 e. The third-order valence-corrected chi connectivity index (χ3v) is 9.56. The van der Waals surface area contributed by atoms with Crippen molar-refractivity contribution < 1.29 is 15.0 Å². The molecule has 0 radical (unpaired) electrons. The average Bonchev–Trinajstić information content (AvgIpc) is 3.56. The topological polar surface area (TPSA) is 76.0 Å². The number of amides is 1. The number of phenolic OH excluding ortho intramolecular Hbond substituents is 1. The van der Waals surface area contributed by atoms with Gasteiger partial charge >= 0.3 is 0 Å². The van der Waals surface area contributed by atoms with Crippen LogP contribution in [0.15, 0.2) is 18.2 Å². The van der Waals surface area contributed by atoms with Gasteiger partial charge in [-0.2, -0.15) is 0 Å². The van der Waals surface area contributed by atoms with Crippen LogP contribution < -0.4 is 5.32 Å². The molecule has 2 bridgehead atoms. The van der Waals surface area contributed by atoms with Crippen molar-refractivity contribution in [1.82, 2.24) is 15.1 Å². The Bertz CT molecular complexity index is 912. The summed E-state index contributed by atoms with van der Waals surface area (Å²) in [5.41, 5.74) is 0.999. The number of hydrogen-bond donors (Lipinski definition) is 3. The number of nitrogens with zero attached hydrogens (tertiary/aromatic N) is 2. The van der Waals surface area contributed by atoms with Gasteiger partial charge in [0.2, 0.25) is 5.91 Å². The number of hydrogen-bond acceptors (Lipinski definition) is 5. The van der Waals surface area contributed by atoms with E-state index in [1.165, 1.54) is 37.7 Å². The van der Waals surface area contributed by atoms with E-state index in [0.717, 1.165) is 57.0 Å². The summed E-state index contributed by atoms with van der Waals surface area (Å²) in [6.07, 6.45) is 9.34. The highest BCUT2D eigenvalue weighted by Gasteiger charge is 2.68. The van der Waals surface area contributed by atoms with Crippen molar-refractivity contribution in [2.24, 2.45) is 11.8 Å². The lowest BCUT2D eigenvalue weighted by Crippen LogP contribution is -2.69. The Morgan fingerprint density at radius 1 is 1.12 bits per heavy atom. The first-order valence-electron chi connectivity index (χ1n) is 13.3. The number of carbonyl (C=O) groups is 1. The van der Waals surface area contributed by atoms with E-state index in [9.17, 15) is 15.0 Å². The van der Waals surface area contributed by atoms with Crippen LogP contribution in [0, 0.1) is 11.8 Å². The lowest BCUT2D eigenvalue weighted by atomic mass is 9.56. The fourth-order valence-electron chi connectivity index (χ4n) is 7.68. The molecule has 3 N–H and O–H groups in total. The number of carbonyl (C=O) groups excluding carboxylic acids is 1. The monoisotopic (exact) mass is 453 g/mol. The molecule has 0 unspecified atom stereocenters. The summed E-state index contributed by atoms with van der Waals surface area (Å²) in [4.78, 5) is 18.3. The number of likely N-dealkylation sites (tertiary alicyclic amines) is 2. The van der Waals surface area contributed by atoms with Gasteiger partial charge in [-0.3, -0.25) is 9.69 Å². The summed E-state index contributed by atoms with van der Waals surface area (Å²) in [7, 11) is 0.